The average molecular weight is 233 g/mol. The molecule has 1 fully saturated rings. The van der Waals surface area contributed by atoms with E-state index in [9.17, 15) is 5.11 Å². The molecule has 1 aliphatic rings. The lowest BCUT2D eigenvalue weighted by Crippen LogP contribution is -2.31. The third kappa shape index (κ3) is 3.22. The predicted molar refractivity (Wildman–Crippen MR) is 71.1 cm³/mol. The second-order valence-corrected chi connectivity index (χ2v) is 5.72. The molecule has 0 radical (unpaired) electrons. The zero-order chi connectivity index (χ0) is 12.3. The highest BCUT2D eigenvalue weighted by Crippen LogP contribution is 2.37. The molecule has 17 heavy (non-hydrogen) atoms. The molecule has 2 heteroatoms. The Labute approximate surface area is 104 Å². The molecule has 2 rings (SSSR count). The van der Waals surface area contributed by atoms with Crippen molar-refractivity contribution in [3.05, 3.63) is 29.8 Å². The van der Waals surface area contributed by atoms with Crippen LogP contribution in [-0.2, 0) is 0 Å². The summed E-state index contributed by atoms with van der Waals surface area (Å²) in [5, 5.41) is 13.1. The van der Waals surface area contributed by atoms with Gasteiger partial charge in [0.05, 0.1) is 0 Å². The molecule has 0 aliphatic heterocycles. The first-order chi connectivity index (χ1) is 8.09. The highest BCUT2D eigenvalue weighted by molar-refractivity contribution is 5.29. The van der Waals surface area contributed by atoms with Crippen LogP contribution in [0.25, 0.3) is 0 Å². The smallest absolute Gasteiger partial charge is 0.115 e. The predicted octanol–water partition coefficient (Wildman–Crippen LogP) is 3.62. The minimum absolute atomic E-state index is 0.305. The minimum atomic E-state index is 0.305. The van der Waals surface area contributed by atoms with Crippen molar-refractivity contribution < 1.29 is 5.11 Å². The van der Waals surface area contributed by atoms with Gasteiger partial charge in [-0.05, 0) is 42.9 Å². The van der Waals surface area contributed by atoms with Crippen molar-refractivity contribution in [3.63, 3.8) is 0 Å². The molecule has 0 aromatic heterocycles. The molecule has 1 aliphatic carbocycles. The van der Waals surface area contributed by atoms with Crippen LogP contribution in [0.2, 0.25) is 0 Å². The van der Waals surface area contributed by atoms with E-state index in [0.29, 0.717) is 17.2 Å². The number of benzene rings is 1. The highest BCUT2D eigenvalue weighted by atomic mass is 16.3. The molecule has 1 aromatic carbocycles. The summed E-state index contributed by atoms with van der Waals surface area (Å²) in [7, 11) is 0. The molecule has 1 aromatic rings. The Kier molecular flexibility index (Phi) is 3.72. The Balaban J connectivity index is 1.91. The number of rotatable bonds is 4. The van der Waals surface area contributed by atoms with Crippen LogP contribution in [0.1, 0.15) is 51.1 Å². The van der Waals surface area contributed by atoms with E-state index in [1.54, 1.807) is 6.07 Å². The molecule has 0 spiro atoms. The summed E-state index contributed by atoms with van der Waals surface area (Å²) >= 11 is 0. The van der Waals surface area contributed by atoms with Crippen LogP contribution in [0, 0.1) is 5.41 Å². The molecule has 2 nitrogen and oxygen atoms in total. The van der Waals surface area contributed by atoms with E-state index >= 15 is 0 Å². The van der Waals surface area contributed by atoms with Gasteiger partial charge in [0, 0.05) is 12.6 Å². The number of hydrogen-bond donors (Lipinski definition) is 2. The fourth-order valence-corrected chi connectivity index (χ4v) is 2.72. The standard InChI is InChI=1S/C15H23NO/c1-12(13-6-5-7-14(17)10-13)16-11-15(2)8-3-4-9-15/h5-7,10,12,16-17H,3-4,8-9,11H2,1-2H3. The molecule has 0 amide bonds. The summed E-state index contributed by atoms with van der Waals surface area (Å²) in [6.45, 7) is 5.61. The van der Waals surface area contributed by atoms with Crippen LogP contribution in [0.3, 0.4) is 0 Å². The zero-order valence-corrected chi connectivity index (χ0v) is 10.9. The first-order valence-corrected chi connectivity index (χ1v) is 6.61. The normalized spacial score (nSPS) is 20.4. The van der Waals surface area contributed by atoms with Crippen molar-refractivity contribution in [3.8, 4) is 5.75 Å². The highest BCUT2D eigenvalue weighted by Gasteiger charge is 2.28. The Bertz CT molecular complexity index is 369. The molecule has 1 unspecified atom stereocenters. The van der Waals surface area contributed by atoms with Gasteiger partial charge in [-0.2, -0.15) is 0 Å². The average Bonchev–Trinajstić information content (AvgIpc) is 2.74. The van der Waals surface area contributed by atoms with Crippen molar-refractivity contribution in [2.45, 2.75) is 45.6 Å². The minimum Gasteiger partial charge on any atom is -0.508 e. The van der Waals surface area contributed by atoms with Crippen molar-refractivity contribution in [1.29, 1.82) is 0 Å². The summed E-state index contributed by atoms with van der Waals surface area (Å²) in [6.07, 6.45) is 5.43. The SMILES string of the molecule is CC(NCC1(C)CCCC1)c1cccc(O)c1. The lowest BCUT2D eigenvalue weighted by Gasteiger charge is -2.26. The van der Waals surface area contributed by atoms with E-state index < -0.39 is 0 Å². The van der Waals surface area contributed by atoms with Gasteiger partial charge in [0.1, 0.15) is 5.75 Å². The van der Waals surface area contributed by atoms with E-state index in [-0.39, 0.29) is 0 Å². The van der Waals surface area contributed by atoms with Crippen LogP contribution >= 0.6 is 0 Å². The maximum atomic E-state index is 9.46. The van der Waals surface area contributed by atoms with Crippen LogP contribution in [0.4, 0.5) is 0 Å². The monoisotopic (exact) mass is 233 g/mol. The maximum absolute atomic E-state index is 9.46. The number of nitrogens with one attached hydrogen (secondary N) is 1. The second kappa shape index (κ2) is 5.09. The quantitative estimate of drug-likeness (QED) is 0.832. The van der Waals surface area contributed by atoms with Gasteiger partial charge in [-0.1, -0.05) is 31.9 Å². The molecule has 1 saturated carbocycles. The van der Waals surface area contributed by atoms with Gasteiger partial charge in [-0.3, -0.25) is 0 Å². The van der Waals surface area contributed by atoms with Crippen LogP contribution in [0.5, 0.6) is 5.75 Å². The fraction of sp³-hybridized carbons (Fsp3) is 0.600. The van der Waals surface area contributed by atoms with Crippen molar-refractivity contribution in [1.82, 2.24) is 5.32 Å². The first-order valence-electron chi connectivity index (χ1n) is 6.61. The van der Waals surface area contributed by atoms with Gasteiger partial charge < -0.3 is 10.4 Å². The number of hydrogen-bond acceptors (Lipinski definition) is 2. The van der Waals surface area contributed by atoms with Gasteiger partial charge in [0.25, 0.3) is 0 Å². The lowest BCUT2D eigenvalue weighted by atomic mass is 9.88. The van der Waals surface area contributed by atoms with Crippen LogP contribution < -0.4 is 5.32 Å². The Morgan fingerprint density at radius 1 is 1.35 bits per heavy atom. The van der Waals surface area contributed by atoms with E-state index in [1.165, 1.54) is 25.7 Å². The number of phenolic OH excluding ortho intramolecular Hbond substituents is 1. The number of aromatic hydroxyl groups is 1. The summed E-state index contributed by atoms with van der Waals surface area (Å²) in [4.78, 5) is 0. The van der Waals surface area contributed by atoms with Crippen LogP contribution in [-0.4, -0.2) is 11.7 Å². The molecule has 1 atom stereocenters. The van der Waals surface area contributed by atoms with Gasteiger partial charge in [-0.25, -0.2) is 0 Å². The Morgan fingerprint density at radius 2 is 2.06 bits per heavy atom. The zero-order valence-electron chi connectivity index (χ0n) is 10.9. The van der Waals surface area contributed by atoms with Crippen molar-refractivity contribution in [2.24, 2.45) is 5.41 Å². The summed E-state index contributed by atoms with van der Waals surface area (Å²) in [5.74, 6) is 0.350. The molecule has 0 bridgehead atoms. The summed E-state index contributed by atoms with van der Waals surface area (Å²) in [6, 6.07) is 7.83. The lowest BCUT2D eigenvalue weighted by molar-refractivity contribution is 0.301. The van der Waals surface area contributed by atoms with E-state index in [1.807, 2.05) is 12.1 Å². The van der Waals surface area contributed by atoms with E-state index in [2.05, 4.69) is 25.2 Å². The van der Waals surface area contributed by atoms with Gasteiger partial charge in [0.15, 0.2) is 0 Å². The fourth-order valence-electron chi connectivity index (χ4n) is 2.72. The molecular weight excluding hydrogens is 210 g/mol. The maximum Gasteiger partial charge on any atom is 0.115 e. The second-order valence-electron chi connectivity index (χ2n) is 5.72. The van der Waals surface area contributed by atoms with E-state index in [4.69, 9.17) is 0 Å². The molecule has 0 saturated heterocycles. The first kappa shape index (κ1) is 12.4. The number of phenols is 1. The summed E-state index contributed by atoms with van der Waals surface area (Å²) in [5.41, 5.74) is 1.64. The van der Waals surface area contributed by atoms with E-state index in [0.717, 1.165) is 12.1 Å². The molecule has 0 heterocycles. The van der Waals surface area contributed by atoms with Crippen molar-refractivity contribution >= 4 is 0 Å². The Morgan fingerprint density at radius 3 is 2.71 bits per heavy atom. The third-order valence-corrected chi connectivity index (χ3v) is 4.02. The van der Waals surface area contributed by atoms with Gasteiger partial charge >= 0.3 is 0 Å². The van der Waals surface area contributed by atoms with Crippen molar-refractivity contribution in [2.75, 3.05) is 6.54 Å². The molecule has 2 N–H and O–H groups in total. The molecular formula is C15H23NO. The largest absolute Gasteiger partial charge is 0.508 e. The van der Waals surface area contributed by atoms with Gasteiger partial charge in [0.2, 0.25) is 0 Å². The topological polar surface area (TPSA) is 32.3 Å². The third-order valence-electron chi connectivity index (χ3n) is 4.02. The Hall–Kier alpha value is -1.02. The molecule has 94 valence electrons. The van der Waals surface area contributed by atoms with Gasteiger partial charge in [-0.15, -0.1) is 0 Å². The van der Waals surface area contributed by atoms with Crippen LogP contribution in [0.15, 0.2) is 24.3 Å². The summed E-state index contributed by atoms with van der Waals surface area (Å²) < 4.78 is 0.